The smallest absolute Gasteiger partial charge is 0.209 e. The summed E-state index contributed by atoms with van der Waals surface area (Å²) in [6.07, 6.45) is 0.256. The fraction of sp³-hybridized carbons (Fsp3) is 0.875. The Bertz CT molecular complexity index is 227. The molecule has 2 aliphatic heterocycles. The fourth-order valence-electron chi connectivity index (χ4n) is 1.29. The van der Waals surface area contributed by atoms with E-state index in [4.69, 9.17) is 4.74 Å². The van der Waals surface area contributed by atoms with Crippen LogP contribution in [0.4, 0.5) is 0 Å². The second-order valence-corrected chi connectivity index (χ2v) is 8.76. The van der Waals surface area contributed by atoms with Crippen molar-refractivity contribution in [1.29, 1.82) is 0 Å². The molecule has 0 aromatic heterocycles. The zero-order valence-electron chi connectivity index (χ0n) is 7.86. The van der Waals surface area contributed by atoms with Crippen molar-refractivity contribution >= 4 is 52.2 Å². The molecule has 2 fully saturated rings. The molecule has 0 aliphatic carbocycles. The van der Waals surface area contributed by atoms with Crippen molar-refractivity contribution in [2.75, 3.05) is 23.0 Å². The number of ether oxygens (including phenoxy) is 1. The maximum atomic E-state index is 10.8. The van der Waals surface area contributed by atoms with Crippen molar-refractivity contribution in [3.05, 3.63) is 0 Å². The third-order valence-corrected chi connectivity index (χ3v) is 7.90. The van der Waals surface area contributed by atoms with Gasteiger partial charge in [0.15, 0.2) is 5.12 Å². The normalized spacial score (nSPS) is 29.9. The molecule has 0 N–H and O–H groups in total. The quantitative estimate of drug-likeness (QED) is 0.763. The van der Waals surface area contributed by atoms with Crippen molar-refractivity contribution in [3.8, 4) is 0 Å². The molecular formula is C8H12O2S4. The van der Waals surface area contributed by atoms with Crippen LogP contribution in [0.1, 0.15) is 6.92 Å². The van der Waals surface area contributed by atoms with E-state index < -0.39 is 0 Å². The van der Waals surface area contributed by atoms with Gasteiger partial charge in [-0.15, -0.1) is 35.3 Å². The highest BCUT2D eigenvalue weighted by Gasteiger charge is 2.45. The van der Waals surface area contributed by atoms with Gasteiger partial charge in [-0.1, -0.05) is 11.8 Å². The van der Waals surface area contributed by atoms with E-state index in [1.54, 1.807) is 6.92 Å². The van der Waals surface area contributed by atoms with Crippen LogP contribution in [-0.4, -0.2) is 37.8 Å². The van der Waals surface area contributed by atoms with Gasteiger partial charge in [-0.25, -0.2) is 0 Å². The topological polar surface area (TPSA) is 26.3 Å². The zero-order chi connectivity index (χ0) is 10.0. The predicted octanol–water partition coefficient (Wildman–Crippen LogP) is 2.49. The Balaban J connectivity index is 1.79. The van der Waals surface area contributed by atoms with Crippen LogP contribution in [0.15, 0.2) is 0 Å². The Morgan fingerprint density at radius 3 is 2.86 bits per heavy atom. The van der Waals surface area contributed by atoms with Crippen molar-refractivity contribution in [1.82, 2.24) is 0 Å². The van der Waals surface area contributed by atoms with Gasteiger partial charge in [-0.3, -0.25) is 4.79 Å². The van der Waals surface area contributed by atoms with Gasteiger partial charge in [0.05, 0.1) is 6.10 Å². The Hall–Kier alpha value is 1.03. The number of hydrogen-bond acceptors (Lipinski definition) is 6. The summed E-state index contributed by atoms with van der Waals surface area (Å²) in [6.45, 7) is 1.61. The maximum absolute atomic E-state index is 10.8. The van der Waals surface area contributed by atoms with Gasteiger partial charge in [0, 0.05) is 29.9 Å². The van der Waals surface area contributed by atoms with Crippen molar-refractivity contribution in [2.45, 2.75) is 16.6 Å². The second kappa shape index (κ2) is 4.91. The first kappa shape index (κ1) is 11.5. The van der Waals surface area contributed by atoms with E-state index in [1.165, 1.54) is 23.3 Å². The molecule has 14 heavy (non-hydrogen) atoms. The van der Waals surface area contributed by atoms with E-state index in [9.17, 15) is 4.79 Å². The molecule has 0 aromatic carbocycles. The Morgan fingerprint density at radius 2 is 2.21 bits per heavy atom. The van der Waals surface area contributed by atoms with Crippen LogP contribution in [0.5, 0.6) is 0 Å². The first-order valence-electron chi connectivity index (χ1n) is 4.43. The highest BCUT2D eigenvalue weighted by Crippen LogP contribution is 2.57. The van der Waals surface area contributed by atoms with E-state index in [-0.39, 0.29) is 14.8 Å². The molecule has 2 saturated heterocycles. The van der Waals surface area contributed by atoms with Gasteiger partial charge in [0.1, 0.15) is 0 Å². The summed E-state index contributed by atoms with van der Waals surface area (Å²) in [5.41, 5.74) is 0. The molecule has 1 spiro atoms. The van der Waals surface area contributed by atoms with Crippen molar-refractivity contribution < 1.29 is 9.53 Å². The average Bonchev–Trinajstić information content (AvgIpc) is 2.74. The zero-order valence-corrected chi connectivity index (χ0v) is 11.1. The first-order chi connectivity index (χ1) is 6.70. The molecule has 1 atom stereocenters. The number of hydrogen-bond donors (Lipinski definition) is 0. The van der Waals surface area contributed by atoms with Gasteiger partial charge >= 0.3 is 0 Å². The average molecular weight is 268 g/mol. The molecule has 6 heteroatoms. The molecule has 0 bridgehead atoms. The molecule has 0 amide bonds. The van der Waals surface area contributed by atoms with E-state index in [0.717, 1.165) is 11.5 Å². The molecule has 0 radical (unpaired) electrons. The van der Waals surface area contributed by atoms with Gasteiger partial charge in [-0.2, -0.15) is 0 Å². The number of thioether (sulfide) groups is 4. The van der Waals surface area contributed by atoms with E-state index in [1.807, 2.05) is 35.3 Å². The summed E-state index contributed by atoms with van der Waals surface area (Å²) in [5.74, 6) is 4.21. The number of carbonyl (C=O) groups is 1. The lowest BCUT2D eigenvalue weighted by Gasteiger charge is -2.20. The summed E-state index contributed by atoms with van der Waals surface area (Å²) < 4.78 is 5.95. The largest absolute Gasteiger partial charge is 0.341 e. The summed E-state index contributed by atoms with van der Waals surface area (Å²) in [6, 6.07) is 0. The van der Waals surface area contributed by atoms with Gasteiger partial charge < -0.3 is 4.74 Å². The lowest BCUT2D eigenvalue weighted by atomic mass is 10.5. The fourth-order valence-corrected chi connectivity index (χ4v) is 6.80. The van der Waals surface area contributed by atoms with Crippen LogP contribution in [-0.2, 0) is 9.53 Å². The summed E-state index contributed by atoms with van der Waals surface area (Å²) >= 11 is 7.07. The summed E-state index contributed by atoms with van der Waals surface area (Å²) in [5, 5.41) is 0.186. The van der Waals surface area contributed by atoms with Crippen LogP contribution in [0.2, 0.25) is 0 Å². The van der Waals surface area contributed by atoms with Crippen LogP contribution in [0, 0.1) is 0 Å². The van der Waals surface area contributed by atoms with Gasteiger partial charge in [0.25, 0.3) is 0 Å². The maximum Gasteiger partial charge on any atom is 0.209 e. The standard InChI is InChI=1S/C8H12O2S4/c1-6(9)11-4-7-5-14-8(10-7)12-2-3-13-8/h7H,2-5H2,1H3/t7-/m0/s1. The summed E-state index contributed by atoms with van der Waals surface area (Å²) in [4.78, 5) is 10.8. The van der Waals surface area contributed by atoms with Crippen LogP contribution in [0.3, 0.4) is 0 Å². The highest BCUT2D eigenvalue weighted by atomic mass is 32.3. The lowest BCUT2D eigenvalue weighted by molar-refractivity contribution is -0.109. The highest BCUT2D eigenvalue weighted by molar-refractivity contribution is 8.35. The number of carbonyl (C=O) groups excluding carboxylic acids is 1. The first-order valence-corrected chi connectivity index (χ1v) is 8.37. The third kappa shape index (κ3) is 2.78. The van der Waals surface area contributed by atoms with Crippen LogP contribution < -0.4 is 0 Å². The van der Waals surface area contributed by atoms with Gasteiger partial charge in [-0.05, 0) is 0 Å². The third-order valence-electron chi connectivity index (χ3n) is 1.87. The van der Waals surface area contributed by atoms with Crippen molar-refractivity contribution in [2.24, 2.45) is 0 Å². The second-order valence-electron chi connectivity index (χ2n) is 3.05. The minimum atomic E-state index is -0.0258. The van der Waals surface area contributed by atoms with E-state index in [0.29, 0.717) is 0 Å². The molecule has 2 rings (SSSR count). The molecule has 2 heterocycles. The molecule has 2 nitrogen and oxygen atoms in total. The molecular weight excluding hydrogens is 256 g/mol. The summed E-state index contributed by atoms with van der Waals surface area (Å²) in [7, 11) is 0. The number of rotatable bonds is 2. The van der Waals surface area contributed by atoms with Gasteiger partial charge in [0.2, 0.25) is 3.60 Å². The molecule has 0 aromatic rings. The monoisotopic (exact) mass is 268 g/mol. The minimum absolute atomic E-state index is 0.0258. The van der Waals surface area contributed by atoms with Crippen LogP contribution >= 0.6 is 47.0 Å². The SMILES string of the molecule is CC(=O)SC[C@H]1CSC2(O1)SCCS2. The Kier molecular flexibility index (Phi) is 4.04. The minimum Gasteiger partial charge on any atom is -0.341 e. The van der Waals surface area contributed by atoms with Crippen molar-refractivity contribution in [3.63, 3.8) is 0 Å². The lowest BCUT2D eigenvalue weighted by Crippen LogP contribution is -2.19. The Labute approximate surface area is 101 Å². The Morgan fingerprint density at radius 1 is 1.50 bits per heavy atom. The molecule has 0 saturated carbocycles. The van der Waals surface area contributed by atoms with Crippen LogP contribution in [0.25, 0.3) is 0 Å². The molecule has 2 aliphatic rings. The molecule has 0 unspecified atom stereocenters. The molecule has 80 valence electrons. The van der Waals surface area contributed by atoms with E-state index in [2.05, 4.69) is 0 Å². The predicted molar refractivity (Wildman–Crippen MR) is 68.1 cm³/mol. The van der Waals surface area contributed by atoms with E-state index >= 15 is 0 Å².